The summed E-state index contributed by atoms with van der Waals surface area (Å²) in [5, 5.41) is 10.9. The molecule has 182 valence electrons. The first-order valence-corrected chi connectivity index (χ1v) is 13.2. The van der Waals surface area contributed by atoms with Gasteiger partial charge in [-0.05, 0) is 30.2 Å². The fourth-order valence-corrected chi connectivity index (χ4v) is 5.89. The molecule has 3 aliphatic heterocycles. The molecule has 11 nitrogen and oxygen atoms in total. The molecule has 0 bridgehead atoms. The van der Waals surface area contributed by atoms with Gasteiger partial charge in [-0.2, -0.15) is 15.4 Å². The second-order valence-corrected chi connectivity index (χ2v) is 11.5. The Balaban J connectivity index is 1.13. The topological polar surface area (TPSA) is 129 Å². The van der Waals surface area contributed by atoms with Crippen molar-refractivity contribution in [3.05, 3.63) is 40.7 Å². The van der Waals surface area contributed by atoms with Crippen molar-refractivity contribution in [2.24, 2.45) is 11.8 Å². The average Bonchev–Trinajstić information content (AvgIpc) is 3.50. The van der Waals surface area contributed by atoms with E-state index in [-0.39, 0.29) is 29.4 Å². The van der Waals surface area contributed by atoms with Crippen LogP contribution in [0.3, 0.4) is 0 Å². The number of ether oxygens (including phenoxy) is 1. The third-order valence-electron chi connectivity index (χ3n) is 6.85. The molecule has 34 heavy (non-hydrogen) atoms. The zero-order chi connectivity index (χ0) is 24.0. The Bertz CT molecular complexity index is 1210. The number of amides is 3. The van der Waals surface area contributed by atoms with Crippen LogP contribution in [0.5, 0.6) is 0 Å². The van der Waals surface area contributed by atoms with E-state index in [2.05, 4.69) is 15.4 Å². The maximum absolute atomic E-state index is 13.0. The Morgan fingerprint density at radius 3 is 2.41 bits per heavy atom. The number of hydrogen-bond acceptors (Lipinski definition) is 7. The first kappa shape index (κ1) is 22.6. The highest BCUT2D eigenvalue weighted by molar-refractivity contribution is 7.90. The van der Waals surface area contributed by atoms with Crippen molar-refractivity contribution in [3.63, 3.8) is 0 Å². The minimum Gasteiger partial charge on any atom is -0.445 e. The number of nitrogens with one attached hydrogen (secondary N) is 1. The third-order valence-corrected chi connectivity index (χ3v) is 7.94. The van der Waals surface area contributed by atoms with Gasteiger partial charge < -0.3 is 19.4 Å². The van der Waals surface area contributed by atoms with E-state index in [1.807, 2.05) is 22.8 Å². The molecule has 1 aromatic carbocycles. The first-order valence-electron chi connectivity index (χ1n) is 11.3. The van der Waals surface area contributed by atoms with Gasteiger partial charge in [-0.15, -0.1) is 0 Å². The van der Waals surface area contributed by atoms with Crippen LogP contribution in [0.15, 0.2) is 23.1 Å². The highest BCUT2D eigenvalue weighted by Crippen LogP contribution is 2.32. The molecule has 2 atom stereocenters. The lowest BCUT2D eigenvalue weighted by Gasteiger charge is -2.30. The number of urea groups is 1. The predicted molar refractivity (Wildman–Crippen MR) is 120 cm³/mol. The Hall–Kier alpha value is -3.15. The number of fused-ring (bicyclic) bond motifs is 2. The quantitative estimate of drug-likeness (QED) is 0.687. The van der Waals surface area contributed by atoms with Crippen molar-refractivity contribution in [1.29, 1.82) is 0 Å². The Morgan fingerprint density at radius 1 is 1.03 bits per heavy atom. The number of H-pyrrole nitrogens is 1. The minimum atomic E-state index is -3.34. The van der Waals surface area contributed by atoms with Crippen molar-refractivity contribution in [2.45, 2.75) is 31.4 Å². The normalized spacial score (nSPS) is 22.0. The maximum atomic E-state index is 13.0. The summed E-state index contributed by atoms with van der Waals surface area (Å²) in [6.07, 6.45) is 1.44. The number of aromatic amines is 1. The summed E-state index contributed by atoms with van der Waals surface area (Å²) in [7, 11) is -3.34. The van der Waals surface area contributed by atoms with Crippen molar-refractivity contribution in [3.8, 4) is 0 Å². The van der Waals surface area contributed by atoms with Crippen molar-refractivity contribution in [2.75, 3.05) is 39.0 Å². The summed E-state index contributed by atoms with van der Waals surface area (Å²) in [4.78, 5) is 31.3. The zero-order valence-electron chi connectivity index (χ0n) is 19.2. The van der Waals surface area contributed by atoms with Gasteiger partial charge in [-0.25, -0.2) is 18.0 Å². The number of aryl methyl sites for hydroxylation is 1. The lowest BCUT2D eigenvalue weighted by atomic mass is 10.0. The highest BCUT2D eigenvalue weighted by atomic mass is 32.2. The van der Waals surface area contributed by atoms with Gasteiger partial charge in [0.1, 0.15) is 12.3 Å². The van der Waals surface area contributed by atoms with Gasteiger partial charge >= 0.3 is 12.1 Å². The van der Waals surface area contributed by atoms with Crippen LogP contribution in [0.1, 0.15) is 22.5 Å². The van der Waals surface area contributed by atoms with Crippen LogP contribution >= 0.6 is 0 Å². The number of benzene rings is 1. The molecule has 0 saturated carbocycles. The Kier molecular flexibility index (Phi) is 5.70. The van der Waals surface area contributed by atoms with Crippen LogP contribution in [0, 0.1) is 18.8 Å². The smallest absolute Gasteiger partial charge is 0.410 e. The van der Waals surface area contributed by atoms with E-state index < -0.39 is 15.9 Å². The van der Waals surface area contributed by atoms with Crippen molar-refractivity contribution >= 4 is 22.0 Å². The number of carbonyl (C=O) groups is 2. The largest absolute Gasteiger partial charge is 0.445 e. The Labute approximate surface area is 198 Å². The molecule has 3 aliphatic rings. The van der Waals surface area contributed by atoms with E-state index in [4.69, 9.17) is 4.74 Å². The molecule has 1 N–H and O–H groups in total. The molecular formula is C22H28N6O5S. The third kappa shape index (κ3) is 4.46. The molecule has 1 aromatic heterocycles. The highest BCUT2D eigenvalue weighted by Gasteiger charge is 2.44. The fourth-order valence-electron chi connectivity index (χ4n) is 5.12. The van der Waals surface area contributed by atoms with Gasteiger partial charge in [0.15, 0.2) is 9.84 Å². The number of sulfone groups is 1. The van der Waals surface area contributed by atoms with Crippen LogP contribution in [0.2, 0.25) is 0 Å². The standard InChI is InChI=1S/C22H28N6O5S/c1-14-5-15(7-18(6-14)34(2,31)32)13-33-22(30)28-10-16-8-27(9-17(16)11-28)21(29)26-4-3-19-20(12-26)24-25-23-19/h5-7,16-17H,3-4,8-13H2,1-2H3,(H,23,24,25)/t16-,17-/m0/s1. The summed E-state index contributed by atoms with van der Waals surface area (Å²) in [5.41, 5.74) is 3.18. The molecule has 3 amide bonds. The van der Waals surface area contributed by atoms with E-state index in [9.17, 15) is 18.0 Å². The van der Waals surface area contributed by atoms with E-state index in [0.29, 0.717) is 51.3 Å². The molecule has 0 radical (unpaired) electrons. The van der Waals surface area contributed by atoms with Gasteiger partial charge in [0.25, 0.3) is 0 Å². The molecule has 2 saturated heterocycles. The SMILES string of the molecule is Cc1cc(COC(=O)N2C[C@@H]3CN(C(=O)N4CCc5n[nH]nc5C4)C[C@H]3C2)cc(S(C)(=O)=O)c1. The lowest BCUT2D eigenvalue weighted by Crippen LogP contribution is -2.45. The fraction of sp³-hybridized carbons (Fsp3) is 0.545. The second-order valence-electron chi connectivity index (χ2n) is 9.48. The lowest BCUT2D eigenvalue weighted by molar-refractivity contribution is 0.0994. The van der Waals surface area contributed by atoms with Crippen LogP contribution in [0.25, 0.3) is 0 Å². The number of aromatic nitrogens is 3. The summed E-state index contributed by atoms with van der Waals surface area (Å²) >= 11 is 0. The van der Waals surface area contributed by atoms with Crippen molar-refractivity contribution < 1.29 is 22.7 Å². The van der Waals surface area contributed by atoms with Crippen LogP contribution < -0.4 is 0 Å². The second kappa shape index (κ2) is 8.57. The summed E-state index contributed by atoms with van der Waals surface area (Å²) in [5.74, 6) is 0.444. The average molecular weight is 489 g/mol. The Morgan fingerprint density at radius 2 is 1.71 bits per heavy atom. The molecule has 0 spiro atoms. The summed E-state index contributed by atoms with van der Waals surface area (Å²) in [6.45, 7) is 5.24. The van der Waals surface area contributed by atoms with E-state index in [1.54, 1.807) is 17.0 Å². The predicted octanol–water partition coefficient (Wildman–Crippen LogP) is 1.20. The number of hydrogen-bond donors (Lipinski definition) is 1. The van der Waals surface area contributed by atoms with Crippen LogP contribution in [0.4, 0.5) is 9.59 Å². The molecular weight excluding hydrogens is 460 g/mol. The van der Waals surface area contributed by atoms with Crippen LogP contribution in [-0.2, 0) is 34.1 Å². The van der Waals surface area contributed by atoms with Gasteiger partial charge in [-0.3, -0.25) is 0 Å². The van der Waals surface area contributed by atoms with Crippen LogP contribution in [-0.4, -0.2) is 89.6 Å². The monoisotopic (exact) mass is 488 g/mol. The van der Waals surface area contributed by atoms with E-state index in [1.165, 1.54) is 0 Å². The van der Waals surface area contributed by atoms with E-state index >= 15 is 0 Å². The molecule has 0 unspecified atom stereocenters. The number of likely N-dealkylation sites (tertiary alicyclic amines) is 2. The van der Waals surface area contributed by atoms with Gasteiger partial charge in [0.05, 0.1) is 17.1 Å². The molecule has 2 aromatic rings. The minimum absolute atomic E-state index is 0.0123. The first-order chi connectivity index (χ1) is 16.2. The molecule has 12 heteroatoms. The van der Waals surface area contributed by atoms with Gasteiger partial charge in [0, 0.05) is 57.2 Å². The molecule has 2 fully saturated rings. The van der Waals surface area contributed by atoms with Gasteiger partial charge in [-0.1, -0.05) is 6.07 Å². The molecule has 5 rings (SSSR count). The van der Waals surface area contributed by atoms with E-state index in [0.717, 1.165) is 23.2 Å². The summed E-state index contributed by atoms with van der Waals surface area (Å²) in [6, 6.07) is 4.97. The number of carbonyl (C=O) groups excluding carboxylic acids is 2. The zero-order valence-corrected chi connectivity index (χ0v) is 20.0. The van der Waals surface area contributed by atoms with Gasteiger partial charge in [0.2, 0.25) is 0 Å². The summed E-state index contributed by atoms with van der Waals surface area (Å²) < 4.78 is 29.2. The number of nitrogens with zero attached hydrogens (tertiary/aromatic N) is 5. The number of rotatable bonds is 3. The maximum Gasteiger partial charge on any atom is 0.410 e. The molecule has 0 aliphatic carbocycles. The molecule has 4 heterocycles. The van der Waals surface area contributed by atoms with Crippen molar-refractivity contribution in [1.82, 2.24) is 30.1 Å².